The first-order valence-corrected chi connectivity index (χ1v) is 6.54. The van der Waals surface area contributed by atoms with Crippen molar-refractivity contribution in [3.8, 4) is 0 Å². The summed E-state index contributed by atoms with van der Waals surface area (Å²) in [5.41, 5.74) is 1.27. The van der Waals surface area contributed by atoms with Gasteiger partial charge < -0.3 is 5.32 Å². The third kappa shape index (κ3) is 5.15. The fourth-order valence-corrected chi connectivity index (χ4v) is 1.38. The van der Waals surface area contributed by atoms with Gasteiger partial charge in [-0.3, -0.25) is 0 Å². The van der Waals surface area contributed by atoms with Gasteiger partial charge in [-0.05, 0) is 43.9 Å². The number of nitrogens with one attached hydrogen (secondary N) is 1. The maximum Gasteiger partial charge on any atom is 0.126 e. The highest BCUT2D eigenvalue weighted by Crippen LogP contribution is 2.22. The van der Waals surface area contributed by atoms with E-state index < -0.39 is 0 Å². The van der Waals surface area contributed by atoms with Crippen molar-refractivity contribution in [2.45, 2.75) is 59.9 Å². The minimum atomic E-state index is 0.680. The van der Waals surface area contributed by atoms with Crippen molar-refractivity contribution in [2.75, 3.05) is 5.32 Å². The van der Waals surface area contributed by atoms with Crippen molar-refractivity contribution in [1.29, 1.82) is 0 Å². The van der Waals surface area contributed by atoms with Gasteiger partial charge >= 0.3 is 0 Å². The first-order valence-electron chi connectivity index (χ1n) is 6.54. The number of nitrogens with zero attached hydrogens (tertiary/aromatic N) is 1. The van der Waals surface area contributed by atoms with Gasteiger partial charge in [0.05, 0.1) is 0 Å². The van der Waals surface area contributed by atoms with E-state index >= 15 is 0 Å². The van der Waals surface area contributed by atoms with Crippen molar-refractivity contribution < 1.29 is 0 Å². The third-order valence-electron chi connectivity index (χ3n) is 2.37. The minimum Gasteiger partial charge on any atom is -0.367 e. The molecule has 0 spiro atoms. The number of anilines is 1. The molecule has 1 saturated carbocycles. The van der Waals surface area contributed by atoms with Gasteiger partial charge in [-0.25, -0.2) is 4.98 Å². The van der Waals surface area contributed by atoms with Gasteiger partial charge in [-0.1, -0.05) is 27.7 Å². The Balaban J connectivity index is 0.000000509. The summed E-state index contributed by atoms with van der Waals surface area (Å²) in [6.45, 7) is 10.1. The van der Waals surface area contributed by atoms with Crippen LogP contribution in [0.4, 0.5) is 5.82 Å². The van der Waals surface area contributed by atoms with E-state index in [-0.39, 0.29) is 0 Å². The number of aryl methyl sites for hydroxylation is 1. The van der Waals surface area contributed by atoms with E-state index in [1.165, 1.54) is 24.8 Å². The topological polar surface area (TPSA) is 24.9 Å². The van der Waals surface area contributed by atoms with Gasteiger partial charge in [-0.2, -0.15) is 0 Å². The quantitative estimate of drug-likeness (QED) is 0.802. The van der Waals surface area contributed by atoms with E-state index in [1.54, 1.807) is 0 Å². The van der Waals surface area contributed by atoms with E-state index in [1.807, 2.05) is 40.0 Å². The fraction of sp³-hybridized carbons (Fsp3) is 0.643. The summed E-state index contributed by atoms with van der Waals surface area (Å²) < 4.78 is 0. The molecule has 16 heavy (non-hydrogen) atoms. The lowest BCUT2D eigenvalue weighted by atomic mass is 9.93. The summed E-state index contributed by atoms with van der Waals surface area (Å²) in [6, 6.07) is 4.80. The van der Waals surface area contributed by atoms with Gasteiger partial charge in [0.2, 0.25) is 0 Å². The zero-order valence-electron chi connectivity index (χ0n) is 11.4. The van der Waals surface area contributed by atoms with Gasteiger partial charge in [0, 0.05) is 12.2 Å². The van der Waals surface area contributed by atoms with E-state index in [0.29, 0.717) is 6.04 Å². The molecule has 92 valence electrons. The molecule has 0 aliphatic heterocycles. The Bertz CT molecular complexity index is 267. The number of aromatic nitrogens is 1. The second kappa shape index (κ2) is 9.20. The predicted octanol–water partition coefficient (Wildman–Crippen LogP) is 4.41. The molecule has 1 heterocycles. The van der Waals surface area contributed by atoms with Crippen LogP contribution in [0.5, 0.6) is 0 Å². The average molecular weight is 222 g/mol. The molecule has 2 heteroatoms. The highest BCUT2D eigenvalue weighted by molar-refractivity contribution is 5.38. The molecule has 1 aromatic heterocycles. The highest BCUT2D eigenvalue weighted by atomic mass is 15.0. The normalized spacial score (nSPS) is 13.6. The predicted molar refractivity (Wildman–Crippen MR) is 72.9 cm³/mol. The second-order valence-electron chi connectivity index (χ2n) is 3.49. The fourth-order valence-electron chi connectivity index (χ4n) is 1.38. The lowest BCUT2D eigenvalue weighted by Crippen LogP contribution is -2.27. The minimum absolute atomic E-state index is 0.680. The van der Waals surface area contributed by atoms with Crippen molar-refractivity contribution >= 4 is 5.82 Å². The SMILES string of the molecule is CC.CC.Cc1ccnc(NC2CCC2)c1. The van der Waals surface area contributed by atoms with Gasteiger partial charge in [0.25, 0.3) is 0 Å². The van der Waals surface area contributed by atoms with Crippen LogP contribution in [0, 0.1) is 6.92 Å². The van der Waals surface area contributed by atoms with Crippen molar-refractivity contribution in [2.24, 2.45) is 0 Å². The maximum absolute atomic E-state index is 4.25. The summed E-state index contributed by atoms with van der Waals surface area (Å²) >= 11 is 0. The second-order valence-corrected chi connectivity index (χ2v) is 3.49. The Morgan fingerprint density at radius 1 is 1.19 bits per heavy atom. The number of pyridine rings is 1. The molecule has 0 saturated heterocycles. The Labute approximate surface area is 100 Å². The molecule has 1 fully saturated rings. The van der Waals surface area contributed by atoms with E-state index in [4.69, 9.17) is 0 Å². The van der Waals surface area contributed by atoms with Crippen molar-refractivity contribution in [3.05, 3.63) is 23.9 Å². The molecular formula is C14H26N2. The molecule has 1 aromatic rings. The van der Waals surface area contributed by atoms with Crippen LogP contribution >= 0.6 is 0 Å². The Morgan fingerprint density at radius 2 is 1.81 bits per heavy atom. The Morgan fingerprint density at radius 3 is 2.25 bits per heavy atom. The summed E-state index contributed by atoms with van der Waals surface area (Å²) in [7, 11) is 0. The first-order chi connectivity index (χ1) is 7.84. The van der Waals surface area contributed by atoms with Crippen LogP contribution in [0.3, 0.4) is 0 Å². The summed E-state index contributed by atoms with van der Waals surface area (Å²) in [4.78, 5) is 4.25. The molecule has 1 aliphatic rings. The Hall–Kier alpha value is -1.05. The first kappa shape index (κ1) is 14.9. The maximum atomic E-state index is 4.25. The van der Waals surface area contributed by atoms with Crippen LogP contribution in [0.15, 0.2) is 18.3 Å². The number of hydrogen-bond donors (Lipinski definition) is 1. The van der Waals surface area contributed by atoms with Gasteiger partial charge in [0.15, 0.2) is 0 Å². The molecule has 1 N–H and O–H groups in total. The molecule has 0 amide bonds. The summed E-state index contributed by atoms with van der Waals surface area (Å²) in [5, 5.41) is 3.41. The molecule has 1 aliphatic carbocycles. The molecule has 2 nitrogen and oxygen atoms in total. The van der Waals surface area contributed by atoms with E-state index in [9.17, 15) is 0 Å². The van der Waals surface area contributed by atoms with Crippen LogP contribution in [0.1, 0.15) is 52.5 Å². The van der Waals surface area contributed by atoms with Crippen LogP contribution in [0.2, 0.25) is 0 Å². The van der Waals surface area contributed by atoms with E-state index in [2.05, 4.69) is 23.3 Å². The molecular weight excluding hydrogens is 196 g/mol. The van der Waals surface area contributed by atoms with Crippen molar-refractivity contribution in [3.63, 3.8) is 0 Å². The van der Waals surface area contributed by atoms with Crippen LogP contribution in [0.25, 0.3) is 0 Å². The van der Waals surface area contributed by atoms with Gasteiger partial charge in [0.1, 0.15) is 5.82 Å². The molecule has 0 aromatic carbocycles. The number of hydrogen-bond acceptors (Lipinski definition) is 2. The van der Waals surface area contributed by atoms with Crippen LogP contribution < -0.4 is 5.32 Å². The Kier molecular flexibility index (Phi) is 8.59. The zero-order valence-corrected chi connectivity index (χ0v) is 11.4. The number of rotatable bonds is 2. The zero-order chi connectivity index (χ0) is 12.4. The largest absolute Gasteiger partial charge is 0.367 e. The lowest BCUT2D eigenvalue weighted by molar-refractivity contribution is 0.444. The molecule has 0 radical (unpaired) electrons. The monoisotopic (exact) mass is 222 g/mol. The van der Waals surface area contributed by atoms with Gasteiger partial charge in [-0.15, -0.1) is 0 Å². The van der Waals surface area contributed by atoms with E-state index in [0.717, 1.165) is 5.82 Å². The summed E-state index contributed by atoms with van der Waals surface area (Å²) in [6.07, 6.45) is 5.82. The van der Waals surface area contributed by atoms with Crippen molar-refractivity contribution in [1.82, 2.24) is 4.98 Å². The summed E-state index contributed by atoms with van der Waals surface area (Å²) in [5.74, 6) is 1.03. The smallest absolute Gasteiger partial charge is 0.126 e. The average Bonchev–Trinajstić information content (AvgIpc) is 2.29. The molecule has 0 bridgehead atoms. The molecule has 0 atom stereocenters. The lowest BCUT2D eigenvalue weighted by Gasteiger charge is -2.26. The molecule has 2 rings (SSSR count). The molecule has 0 unspecified atom stereocenters. The highest BCUT2D eigenvalue weighted by Gasteiger charge is 2.16. The van der Waals surface area contributed by atoms with Crippen LogP contribution in [-0.2, 0) is 0 Å². The van der Waals surface area contributed by atoms with Crippen LogP contribution in [-0.4, -0.2) is 11.0 Å². The standard InChI is InChI=1S/C10H14N2.2C2H6/c1-8-5-6-11-10(7-8)12-9-3-2-4-9;2*1-2/h5-7,9H,2-4H2,1H3,(H,11,12);2*1-2H3. The third-order valence-corrected chi connectivity index (χ3v) is 2.37.